The van der Waals surface area contributed by atoms with E-state index >= 15 is 0 Å². The fourth-order valence-electron chi connectivity index (χ4n) is 1.28. The number of alkyl halides is 1. The molecule has 0 aliphatic heterocycles. The maximum atomic E-state index is 5.54. The molecule has 0 aliphatic rings. The van der Waals surface area contributed by atoms with Gasteiger partial charge in [-0.25, -0.2) is 0 Å². The molecule has 0 aliphatic carbocycles. The Morgan fingerprint density at radius 2 is 1.92 bits per heavy atom. The largest absolute Gasteiger partial charge is 0.122 e. The summed E-state index contributed by atoms with van der Waals surface area (Å²) in [4.78, 5) is 0. The average molecular weight is 195 g/mol. The van der Waals surface area contributed by atoms with Crippen molar-refractivity contribution >= 4 is 11.6 Å². The Bertz CT molecular complexity index is 251. The first-order valence-corrected chi connectivity index (χ1v) is 5.14. The molecule has 0 saturated carbocycles. The van der Waals surface area contributed by atoms with Gasteiger partial charge in [-0.1, -0.05) is 49.4 Å². The van der Waals surface area contributed by atoms with Crippen LogP contribution in [0.2, 0.25) is 0 Å². The Labute approximate surface area is 85.2 Å². The topological polar surface area (TPSA) is 0 Å². The van der Waals surface area contributed by atoms with E-state index in [0.717, 1.165) is 6.42 Å². The molecule has 13 heavy (non-hydrogen) atoms. The molecule has 0 heterocycles. The number of halogens is 1. The highest BCUT2D eigenvalue weighted by Crippen LogP contribution is 2.18. The van der Waals surface area contributed by atoms with E-state index in [1.807, 2.05) is 12.1 Å². The summed E-state index contributed by atoms with van der Waals surface area (Å²) >= 11 is 5.54. The maximum absolute atomic E-state index is 5.54. The zero-order valence-electron chi connectivity index (χ0n) is 7.91. The molecule has 1 atom stereocenters. The van der Waals surface area contributed by atoms with Crippen LogP contribution in [0.15, 0.2) is 42.5 Å². The second-order valence-corrected chi connectivity index (χ2v) is 3.48. The van der Waals surface area contributed by atoms with E-state index in [-0.39, 0.29) is 0 Å². The first kappa shape index (κ1) is 10.3. The van der Waals surface area contributed by atoms with Gasteiger partial charge in [0, 0.05) is 5.88 Å². The number of hydrogen-bond acceptors (Lipinski definition) is 0. The van der Waals surface area contributed by atoms with Crippen molar-refractivity contribution in [3.63, 3.8) is 0 Å². The summed E-state index contributed by atoms with van der Waals surface area (Å²) in [5.74, 6) is 1.20. The molecule has 1 aromatic rings. The molecule has 1 rings (SSSR count). The lowest BCUT2D eigenvalue weighted by atomic mass is 9.98. The highest BCUT2D eigenvalue weighted by Gasteiger charge is 2.00. The van der Waals surface area contributed by atoms with Crippen molar-refractivity contribution in [2.45, 2.75) is 19.3 Å². The van der Waals surface area contributed by atoms with Crippen LogP contribution in [-0.4, -0.2) is 5.88 Å². The van der Waals surface area contributed by atoms with E-state index in [1.165, 1.54) is 5.56 Å². The van der Waals surface area contributed by atoms with Crippen molar-refractivity contribution in [1.29, 1.82) is 0 Å². The van der Waals surface area contributed by atoms with E-state index in [1.54, 1.807) is 0 Å². The third-order valence-electron chi connectivity index (χ3n) is 2.11. The predicted molar refractivity (Wildman–Crippen MR) is 59.3 cm³/mol. The minimum atomic E-state index is 0.584. The molecule has 0 N–H and O–H groups in total. The van der Waals surface area contributed by atoms with Crippen molar-refractivity contribution in [2.75, 3.05) is 5.88 Å². The van der Waals surface area contributed by atoms with Gasteiger partial charge in [0.15, 0.2) is 0 Å². The van der Waals surface area contributed by atoms with Crippen molar-refractivity contribution in [2.24, 2.45) is 0 Å². The van der Waals surface area contributed by atoms with Crippen LogP contribution in [0.25, 0.3) is 0 Å². The fraction of sp³-hybridized carbons (Fsp3) is 0.333. The van der Waals surface area contributed by atoms with Gasteiger partial charge in [0.25, 0.3) is 0 Å². The maximum Gasteiger partial charge on any atom is 0.0404 e. The van der Waals surface area contributed by atoms with Crippen LogP contribution in [0.1, 0.15) is 24.8 Å². The lowest BCUT2D eigenvalue weighted by Crippen LogP contribution is -1.90. The van der Waals surface area contributed by atoms with Gasteiger partial charge in [-0.15, -0.1) is 11.6 Å². The number of benzene rings is 1. The molecule has 70 valence electrons. The molecule has 0 aromatic heterocycles. The standard InChI is InChI=1S/C12H15Cl/c1-11(7-5-6-10-13)12-8-3-2-4-9-12/h2-6,8-9,11H,7,10H2,1H3. The third kappa shape index (κ3) is 3.65. The Morgan fingerprint density at radius 1 is 1.23 bits per heavy atom. The quantitative estimate of drug-likeness (QED) is 0.503. The summed E-state index contributed by atoms with van der Waals surface area (Å²) in [6, 6.07) is 10.5. The summed E-state index contributed by atoms with van der Waals surface area (Å²) in [5, 5.41) is 0. The van der Waals surface area contributed by atoms with Crippen LogP contribution in [0.4, 0.5) is 0 Å². The highest BCUT2D eigenvalue weighted by molar-refractivity contribution is 6.18. The van der Waals surface area contributed by atoms with Gasteiger partial charge in [0.05, 0.1) is 0 Å². The molecular weight excluding hydrogens is 180 g/mol. The second kappa shape index (κ2) is 5.82. The van der Waals surface area contributed by atoms with Crippen molar-refractivity contribution in [3.05, 3.63) is 48.0 Å². The van der Waals surface area contributed by atoms with Crippen LogP contribution >= 0.6 is 11.6 Å². The van der Waals surface area contributed by atoms with Crippen LogP contribution in [0, 0.1) is 0 Å². The summed E-state index contributed by atoms with van der Waals surface area (Å²) in [6.07, 6.45) is 5.21. The van der Waals surface area contributed by atoms with Gasteiger partial charge < -0.3 is 0 Å². The molecule has 0 amide bonds. The lowest BCUT2D eigenvalue weighted by molar-refractivity contribution is 0.780. The van der Waals surface area contributed by atoms with Gasteiger partial charge in [-0.3, -0.25) is 0 Å². The minimum absolute atomic E-state index is 0.584. The van der Waals surface area contributed by atoms with Crippen molar-refractivity contribution < 1.29 is 0 Å². The minimum Gasteiger partial charge on any atom is -0.122 e. The van der Waals surface area contributed by atoms with Gasteiger partial charge in [0.1, 0.15) is 0 Å². The first-order valence-electron chi connectivity index (χ1n) is 4.60. The highest BCUT2D eigenvalue weighted by atomic mass is 35.5. The summed E-state index contributed by atoms with van der Waals surface area (Å²) in [5.41, 5.74) is 1.39. The van der Waals surface area contributed by atoms with Crippen molar-refractivity contribution in [1.82, 2.24) is 0 Å². The molecular formula is C12H15Cl. The molecule has 0 spiro atoms. The Hall–Kier alpha value is -0.750. The van der Waals surface area contributed by atoms with Gasteiger partial charge >= 0.3 is 0 Å². The molecule has 0 saturated heterocycles. The number of allylic oxidation sites excluding steroid dienone is 2. The smallest absolute Gasteiger partial charge is 0.0404 e. The normalized spacial score (nSPS) is 13.4. The van der Waals surface area contributed by atoms with Gasteiger partial charge in [0.2, 0.25) is 0 Å². The Kier molecular flexibility index (Phi) is 4.63. The van der Waals surface area contributed by atoms with Crippen LogP contribution < -0.4 is 0 Å². The van der Waals surface area contributed by atoms with Gasteiger partial charge in [-0.2, -0.15) is 0 Å². The SMILES string of the molecule is CC(CC=CCCl)c1ccccc1. The van der Waals surface area contributed by atoms with E-state index < -0.39 is 0 Å². The second-order valence-electron chi connectivity index (χ2n) is 3.17. The number of hydrogen-bond donors (Lipinski definition) is 0. The summed E-state index contributed by atoms with van der Waals surface area (Å²) in [7, 11) is 0. The van der Waals surface area contributed by atoms with Gasteiger partial charge in [-0.05, 0) is 17.9 Å². The average Bonchev–Trinajstić information content (AvgIpc) is 2.19. The number of rotatable bonds is 4. The zero-order valence-corrected chi connectivity index (χ0v) is 8.67. The van der Waals surface area contributed by atoms with E-state index in [4.69, 9.17) is 11.6 Å². The van der Waals surface area contributed by atoms with Crippen molar-refractivity contribution in [3.8, 4) is 0 Å². The summed E-state index contributed by atoms with van der Waals surface area (Å²) < 4.78 is 0. The molecule has 1 heteroatoms. The summed E-state index contributed by atoms with van der Waals surface area (Å²) in [6.45, 7) is 2.23. The fourth-order valence-corrected chi connectivity index (χ4v) is 1.41. The Balaban J connectivity index is 2.49. The molecule has 0 fully saturated rings. The molecule has 0 nitrogen and oxygen atoms in total. The first-order chi connectivity index (χ1) is 6.34. The molecule has 1 aromatic carbocycles. The van der Waals surface area contributed by atoms with Crippen LogP contribution in [0.3, 0.4) is 0 Å². The lowest BCUT2D eigenvalue weighted by Gasteiger charge is -2.07. The molecule has 0 radical (unpaired) electrons. The monoisotopic (exact) mass is 194 g/mol. The molecule has 0 bridgehead atoms. The van der Waals surface area contributed by atoms with E-state index in [0.29, 0.717) is 11.8 Å². The Morgan fingerprint density at radius 3 is 2.54 bits per heavy atom. The van der Waals surface area contributed by atoms with Crippen LogP contribution in [0.5, 0.6) is 0 Å². The van der Waals surface area contributed by atoms with E-state index in [9.17, 15) is 0 Å². The zero-order chi connectivity index (χ0) is 9.52. The molecule has 1 unspecified atom stereocenters. The van der Waals surface area contributed by atoms with Crippen LogP contribution in [-0.2, 0) is 0 Å². The third-order valence-corrected chi connectivity index (χ3v) is 2.29. The van der Waals surface area contributed by atoms with E-state index in [2.05, 4.69) is 37.3 Å². The predicted octanol–water partition coefficient (Wildman–Crippen LogP) is 3.98.